The molecule has 0 aromatic heterocycles. The first-order valence-electron chi connectivity index (χ1n) is 7.68. The SMILES string of the molecule is CCC(CC)(CN)CNC(=O)C1CC1c1ccccc1. The quantitative estimate of drug-likeness (QED) is 0.803. The van der Waals surface area contributed by atoms with Crippen LogP contribution in [0.25, 0.3) is 0 Å². The molecule has 1 fully saturated rings. The van der Waals surface area contributed by atoms with E-state index in [1.165, 1.54) is 5.56 Å². The molecule has 2 rings (SSSR count). The normalized spacial score (nSPS) is 21.6. The predicted octanol–water partition coefficient (Wildman–Crippen LogP) is 2.67. The number of benzene rings is 1. The maximum Gasteiger partial charge on any atom is 0.223 e. The molecule has 0 spiro atoms. The van der Waals surface area contributed by atoms with E-state index in [0.717, 1.165) is 19.3 Å². The second-order valence-electron chi connectivity index (χ2n) is 5.99. The van der Waals surface area contributed by atoms with Gasteiger partial charge in [0.1, 0.15) is 0 Å². The van der Waals surface area contributed by atoms with Gasteiger partial charge in [0, 0.05) is 12.5 Å². The lowest BCUT2D eigenvalue weighted by Crippen LogP contribution is -2.42. The minimum absolute atomic E-state index is 0.0623. The highest BCUT2D eigenvalue weighted by molar-refractivity contribution is 5.82. The monoisotopic (exact) mass is 274 g/mol. The van der Waals surface area contributed by atoms with Crippen molar-refractivity contribution in [3.63, 3.8) is 0 Å². The van der Waals surface area contributed by atoms with Gasteiger partial charge in [0.05, 0.1) is 0 Å². The van der Waals surface area contributed by atoms with Crippen LogP contribution in [0.3, 0.4) is 0 Å². The average molecular weight is 274 g/mol. The molecule has 1 saturated carbocycles. The number of nitrogens with one attached hydrogen (secondary N) is 1. The minimum Gasteiger partial charge on any atom is -0.355 e. The molecule has 0 heterocycles. The van der Waals surface area contributed by atoms with Gasteiger partial charge in [-0.3, -0.25) is 4.79 Å². The summed E-state index contributed by atoms with van der Waals surface area (Å²) < 4.78 is 0. The van der Waals surface area contributed by atoms with Gasteiger partial charge in [-0.15, -0.1) is 0 Å². The van der Waals surface area contributed by atoms with Crippen molar-refractivity contribution < 1.29 is 4.79 Å². The van der Waals surface area contributed by atoms with Crippen LogP contribution in [0.4, 0.5) is 0 Å². The Kier molecular flexibility index (Phi) is 4.81. The first kappa shape index (κ1) is 15.0. The molecule has 2 unspecified atom stereocenters. The summed E-state index contributed by atoms with van der Waals surface area (Å²) >= 11 is 0. The Balaban J connectivity index is 1.86. The van der Waals surface area contributed by atoms with Gasteiger partial charge in [-0.2, -0.15) is 0 Å². The summed E-state index contributed by atoms with van der Waals surface area (Å²) in [5.74, 6) is 0.756. The summed E-state index contributed by atoms with van der Waals surface area (Å²) in [7, 11) is 0. The lowest BCUT2D eigenvalue weighted by molar-refractivity contribution is -0.122. The zero-order valence-electron chi connectivity index (χ0n) is 12.6. The smallest absolute Gasteiger partial charge is 0.223 e. The number of hydrogen-bond acceptors (Lipinski definition) is 2. The molecular weight excluding hydrogens is 248 g/mol. The van der Waals surface area contributed by atoms with Gasteiger partial charge in [-0.05, 0) is 42.7 Å². The van der Waals surface area contributed by atoms with E-state index >= 15 is 0 Å². The van der Waals surface area contributed by atoms with Gasteiger partial charge in [0.2, 0.25) is 5.91 Å². The third-order valence-electron chi connectivity index (χ3n) is 4.93. The summed E-state index contributed by atoms with van der Waals surface area (Å²) in [6, 6.07) is 10.3. The van der Waals surface area contributed by atoms with E-state index in [2.05, 4.69) is 31.3 Å². The van der Waals surface area contributed by atoms with Crippen LogP contribution in [0, 0.1) is 11.3 Å². The van der Waals surface area contributed by atoms with Crippen LogP contribution in [0.15, 0.2) is 30.3 Å². The topological polar surface area (TPSA) is 55.1 Å². The Morgan fingerprint density at radius 1 is 1.30 bits per heavy atom. The number of carbonyl (C=O) groups is 1. The first-order chi connectivity index (χ1) is 9.65. The van der Waals surface area contributed by atoms with Crippen molar-refractivity contribution in [2.24, 2.45) is 17.1 Å². The van der Waals surface area contributed by atoms with Gasteiger partial charge in [-0.1, -0.05) is 44.2 Å². The van der Waals surface area contributed by atoms with Crippen LogP contribution in [0.1, 0.15) is 44.6 Å². The van der Waals surface area contributed by atoms with Crippen LogP contribution in [0.2, 0.25) is 0 Å². The molecular formula is C17H26N2O. The molecule has 1 aromatic carbocycles. The molecule has 3 nitrogen and oxygen atoms in total. The molecule has 1 amide bonds. The lowest BCUT2D eigenvalue weighted by Gasteiger charge is -2.30. The van der Waals surface area contributed by atoms with Crippen LogP contribution in [0.5, 0.6) is 0 Å². The van der Waals surface area contributed by atoms with E-state index in [1.54, 1.807) is 0 Å². The Hall–Kier alpha value is -1.35. The van der Waals surface area contributed by atoms with Crippen LogP contribution in [-0.2, 0) is 4.79 Å². The fraction of sp³-hybridized carbons (Fsp3) is 0.588. The van der Waals surface area contributed by atoms with Crippen LogP contribution >= 0.6 is 0 Å². The predicted molar refractivity (Wildman–Crippen MR) is 82.4 cm³/mol. The molecule has 0 bridgehead atoms. The largest absolute Gasteiger partial charge is 0.355 e. The highest BCUT2D eigenvalue weighted by atomic mass is 16.2. The third kappa shape index (κ3) is 3.21. The molecule has 3 heteroatoms. The second kappa shape index (κ2) is 6.40. The average Bonchev–Trinajstić information content (AvgIpc) is 3.30. The van der Waals surface area contributed by atoms with E-state index < -0.39 is 0 Å². The third-order valence-corrected chi connectivity index (χ3v) is 4.93. The molecule has 1 aromatic rings. The van der Waals surface area contributed by atoms with Gasteiger partial charge in [0.15, 0.2) is 0 Å². The summed E-state index contributed by atoms with van der Waals surface area (Å²) in [4.78, 5) is 12.2. The zero-order valence-corrected chi connectivity index (χ0v) is 12.6. The maximum absolute atomic E-state index is 12.2. The van der Waals surface area contributed by atoms with Crippen LogP contribution < -0.4 is 11.1 Å². The zero-order chi connectivity index (χ0) is 14.6. The summed E-state index contributed by atoms with van der Waals surface area (Å²) in [5, 5.41) is 3.12. The molecule has 0 aliphatic heterocycles. The highest BCUT2D eigenvalue weighted by Gasteiger charge is 2.44. The van der Waals surface area contributed by atoms with Gasteiger partial charge >= 0.3 is 0 Å². The summed E-state index contributed by atoms with van der Waals surface area (Å²) in [5.41, 5.74) is 7.22. The Bertz CT molecular complexity index is 431. The van der Waals surface area contributed by atoms with Crippen molar-refractivity contribution in [2.45, 2.75) is 39.0 Å². The van der Waals surface area contributed by atoms with E-state index in [-0.39, 0.29) is 17.2 Å². The number of rotatable bonds is 7. The van der Waals surface area contributed by atoms with Gasteiger partial charge < -0.3 is 11.1 Å². The molecule has 2 atom stereocenters. The molecule has 20 heavy (non-hydrogen) atoms. The molecule has 0 saturated heterocycles. The van der Waals surface area contributed by atoms with E-state index in [9.17, 15) is 4.79 Å². The standard InChI is InChI=1S/C17H26N2O/c1-3-17(4-2,11-18)12-19-16(20)15-10-14(15)13-8-6-5-7-9-13/h5-9,14-15H,3-4,10-12,18H2,1-2H3,(H,19,20). The number of nitrogens with two attached hydrogens (primary N) is 1. The maximum atomic E-state index is 12.2. The Morgan fingerprint density at radius 3 is 2.50 bits per heavy atom. The van der Waals surface area contributed by atoms with E-state index in [4.69, 9.17) is 5.73 Å². The van der Waals surface area contributed by atoms with Crippen molar-refractivity contribution in [3.8, 4) is 0 Å². The number of hydrogen-bond donors (Lipinski definition) is 2. The number of amides is 1. The van der Waals surface area contributed by atoms with Crippen molar-refractivity contribution in [1.82, 2.24) is 5.32 Å². The molecule has 1 aliphatic rings. The highest BCUT2D eigenvalue weighted by Crippen LogP contribution is 2.47. The van der Waals surface area contributed by atoms with Crippen LogP contribution in [-0.4, -0.2) is 19.0 Å². The van der Waals surface area contributed by atoms with Gasteiger partial charge in [0.25, 0.3) is 0 Å². The van der Waals surface area contributed by atoms with Crippen molar-refractivity contribution in [1.29, 1.82) is 0 Å². The number of carbonyl (C=O) groups excluding carboxylic acids is 1. The fourth-order valence-electron chi connectivity index (χ4n) is 2.82. The molecule has 0 radical (unpaired) electrons. The Labute approximate surface area is 121 Å². The lowest BCUT2D eigenvalue weighted by atomic mass is 9.82. The fourth-order valence-corrected chi connectivity index (χ4v) is 2.82. The van der Waals surface area contributed by atoms with E-state index in [1.807, 2.05) is 18.2 Å². The van der Waals surface area contributed by atoms with Crippen molar-refractivity contribution in [3.05, 3.63) is 35.9 Å². The second-order valence-corrected chi connectivity index (χ2v) is 5.99. The Morgan fingerprint density at radius 2 is 1.95 bits per heavy atom. The van der Waals surface area contributed by atoms with Crippen molar-refractivity contribution in [2.75, 3.05) is 13.1 Å². The first-order valence-corrected chi connectivity index (χ1v) is 7.68. The molecule has 110 valence electrons. The molecule has 3 N–H and O–H groups in total. The summed E-state index contributed by atoms with van der Waals surface area (Å²) in [6.45, 7) is 5.62. The summed E-state index contributed by atoms with van der Waals surface area (Å²) in [6.07, 6.45) is 2.99. The van der Waals surface area contributed by atoms with E-state index in [0.29, 0.717) is 19.0 Å². The van der Waals surface area contributed by atoms with Crippen molar-refractivity contribution >= 4 is 5.91 Å². The minimum atomic E-state index is 0.0623. The molecule has 1 aliphatic carbocycles. The van der Waals surface area contributed by atoms with Gasteiger partial charge in [-0.25, -0.2) is 0 Å².